The summed E-state index contributed by atoms with van der Waals surface area (Å²) < 4.78 is 18.7. The van der Waals surface area contributed by atoms with Gasteiger partial charge in [-0.1, -0.05) is 30.3 Å². The fraction of sp³-hybridized carbons (Fsp3) is 0.167. The molecule has 2 N–H and O–H groups in total. The van der Waals surface area contributed by atoms with Crippen LogP contribution in [0.1, 0.15) is 6.92 Å². The third-order valence-corrected chi connectivity index (χ3v) is 3.29. The van der Waals surface area contributed by atoms with Crippen LogP contribution < -0.4 is 15.4 Å². The number of hydrogen-bond donors (Lipinski definition) is 2. The summed E-state index contributed by atoms with van der Waals surface area (Å²) in [6.07, 6.45) is 0. The number of ether oxygens (including phenoxy) is 1. The zero-order chi connectivity index (χ0) is 17.5. The molecule has 2 rings (SSSR count). The summed E-state index contributed by atoms with van der Waals surface area (Å²) in [5.74, 6) is -0.179. The van der Waals surface area contributed by atoms with Crippen LogP contribution in [0.25, 0.3) is 0 Å². The van der Waals surface area contributed by atoms with Crippen LogP contribution in [0.3, 0.4) is 0 Å². The first-order valence-electron chi connectivity index (χ1n) is 7.30. The minimum absolute atomic E-state index is 0.0302. The highest BCUT2D eigenvalue weighted by Gasteiger charge is 2.07. The van der Waals surface area contributed by atoms with Crippen LogP contribution in [0.15, 0.2) is 54.6 Å². The second-order valence-electron chi connectivity index (χ2n) is 5.27. The topological polar surface area (TPSA) is 50.4 Å². The zero-order valence-corrected chi connectivity index (χ0v) is 14.0. The summed E-state index contributed by atoms with van der Waals surface area (Å²) in [6, 6.07) is 11.3. The molecule has 0 heterocycles. The van der Waals surface area contributed by atoms with Crippen LogP contribution in [-0.2, 0) is 4.79 Å². The lowest BCUT2D eigenvalue weighted by atomic mass is 10.3. The van der Waals surface area contributed by atoms with Crippen molar-refractivity contribution in [3.8, 4) is 5.75 Å². The molecule has 4 nitrogen and oxygen atoms in total. The molecule has 0 bridgehead atoms. The van der Waals surface area contributed by atoms with E-state index in [9.17, 15) is 9.18 Å². The molecule has 0 fully saturated rings. The summed E-state index contributed by atoms with van der Waals surface area (Å²) >= 11 is 5.69. The molecule has 0 aromatic heterocycles. The molecule has 126 valence electrons. The average molecular weight is 349 g/mol. The van der Waals surface area contributed by atoms with Crippen LogP contribution in [0.5, 0.6) is 5.75 Å². The van der Waals surface area contributed by atoms with E-state index in [-0.39, 0.29) is 17.5 Å². The highest BCUT2D eigenvalue weighted by molar-refractivity contribution is 6.31. The Morgan fingerprint density at radius 3 is 2.75 bits per heavy atom. The van der Waals surface area contributed by atoms with Crippen LogP contribution in [-0.4, -0.2) is 19.1 Å². The van der Waals surface area contributed by atoms with Crippen LogP contribution in [0, 0.1) is 5.82 Å². The van der Waals surface area contributed by atoms with Crippen molar-refractivity contribution in [2.45, 2.75) is 6.92 Å². The maximum atomic E-state index is 13.1. The van der Waals surface area contributed by atoms with Crippen LogP contribution in [0.2, 0.25) is 5.02 Å². The number of amides is 1. The molecule has 0 saturated carbocycles. The van der Waals surface area contributed by atoms with Crippen LogP contribution >= 0.6 is 11.6 Å². The molecule has 0 spiro atoms. The van der Waals surface area contributed by atoms with Gasteiger partial charge in [-0.2, -0.15) is 0 Å². The first-order chi connectivity index (χ1) is 11.5. The highest BCUT2D eigenvalue weighted by atomic mass is 35.5. The lowest BCUT2D eigenvalue weighted by molar-refractivity contribution is -0.114. The van der Waals surface area contributed by atoms with Gasteiger partial charge in [0, 0.05) is 5.69 Å². The number of benzene rings is 2. The smallest absolute Gasteiger partial charge is 0.243 e. The Kier molecular flexibility index (Phi) is 6.21. The molecule has 0 atom stereocenters. The van der Waals surface area contributed by atoms with Crippen molar-refractivity contribution in [2.24, 2.45) is 0 Å². The van der Waals surface area contributed by atoms with Crippen molar-refractivity contribution in [1.29, 1.82) is 0 Å². The van der Waals surface area contributed by atoms with Gasteiger partial charge in [0.25, 0.3) is 0 Å². The van der Waals surface area contributed by atoms with E-state index < -0.39 is 5.82 Å². The number of para-hydroxylation sites is 2. The molecule has 0 saturated heterocycles. The van der Waals surface area contributed by atoms with Gasteiger partial charge in [-0.15, -0.1) is 0 Å². The van der Waals surface area contributed by atoms with Crippen molar-refractivity contribution in [1.82, 2.24) is 0 Å². The van der Waals surface area contributed by atoms with E-state index in [0.717, 1.165) is 5.57 Å². The quantitative estimate of drug-likeness (QED) is 0.725. The highest BCUT2D eigenvalue weighted by Crippen LogP contribution is 2.24. The first kappa shape index (κ1) is 17.8. The standard InChI is InChI=1S/C18H18ClFN2O2/c1-12(2)11-24-17-6-4-3-5-16(17)21-10-18(23)22-13-7-8-15(20)14(19)9-13/h3-9,21H,1,10-11H2,2H3,(H,22,23). The number of anilines is 2. The average Bonchev–Trinajstić information content (AvgIpc) is 2.55. The maximum absolute atomic E-state index is 13.1. The second kappa shape index (κ2) is 8.36. The van der Waals surface area contributed by atoms with E-state index in [4.69, 9.17) is 16.3 Å². The molecule has 2 aromatic carbocycles. The summed E-state index contributed by atoms with van der Waals surface area (Å²) in [7, 11) is 0. The van der Waals surface area contributed by atoms with Crippen molar-refractivity contribution in [3.05, 3.63) is 65.5 Å². The van der Waals surface area contributed by atoms with E-state index >= 15 is 0 Å². The predicted octanol–water partition coefficient (Wildman–Crippen LogP) is 4.48. The summed E-state index contributed by atoms with van der Waals surface area (Å²) in [5.41, 5.74) is 2.03. The Morgan fingerprint density at radius 2 is 2.04 bits per heavy atom. The van der Waals surface area contributed by atoms with Crippen molar-refractivity contribution >= 4 is 28.9 Å². The fourth-order valence-corrected chi connectivity index (χ4v) is 2.07. The van der Waals surface area contributed by atoms with Crippen molar-refractivity contribution in [3.63, 3.8) is 0 Å². The molecule has 1 amide bonds. The molecular weight excluding hydrogens is 331 g/mol. The molecule has 24 heavy (non-hydrogen) atoms. The zero-order valence-electron chi connectivity index (χ0n) is 13.2. The maximum Gasteiger partial charge on any atom is 0.243 e. The van der Waals surface area contributed by atoms with E-state index in [2.05, 4.69) is 17.2 Å². The number of rotatable bonds is 7. The molecule has 0 unspecified atom stereocenters. The Labute approximate surface area is 145 Å². The third kappa shape index (κ3) is 5.28. The van der Waals surface area contributed by atoms with Gasteiger partial charge >= 0.3 is 0 Å². The normalized spacial score (nSPS) is 10.1. The lowest BCUT2D eigenvalue weighted by Gasteiger charge is -2.13. The Morgan fingerprint density at radius 1 is 1.29 bits per heavy atom. The van der Waals surface area contributed by atoms with Crippen molar-refractivity contribution < 1.29 is 13.9 Å². The van der Waals surface area contributed by atoms with E-state index in [1.165, 1.54) is 18.2 Å². The Bertz CT molecular complexity index is 750. The fourth-order valence-electron chi connectivity index (χ4n) is 1.89. The van der Waals surface area contributed by atoms with Gasteiger partial charge in [0.2, 0.25) is 5.91 Å². The van der Waals surface area contributed by atoms with E-state index in [1.54, 1.807) is 0 Å². The van der Waals surface area contributed by atoms with Gasteiger partial charge in [-0.25, -0.2) is 4.39 Å². The van der Waals surface area contributed by atoms with Crippen LogP contribution in [0.4, 0.5) is 15.8 Å². The minimum atomic E-state index is -0.531. The third-order valence-electron chi connectivity index (χ3n) is 3.00. The molecule has 0 aliphatic heterocycles. The summed E-state index contributed by atoms with van der Waals surface area (Å²) in [4.78, 5) is 12.0. The minimum Gasteiger partial charge on any atom is -0.487 e. The molecule has 0 aliphatic rings. The van der Waals surface area contributed by atoms with Crippen molar-refractivity contribution in [2.75, 3.05) is 23.8 Å². The molecule has 0 aliphatic carbocycles. The SMILES string of the molecule is C=C(C)COc1ccccc1NCC(=O)Nc1ccc(F)c(Cl)c1. The lowest BCUT2D eigenvalue weighted by Crippen LogP contribution is -2.22. The van der Waals surface area contributed by atoms with Gasteiger partial charge in [-0.05, 0) is 42.8 Å². The van der Waals surface area contributed by atoms with E-state index in [1.807, 2.05) is 31.2 Å². The summed E-state index contributed by atoms with van der Waals surface area (Å²) in [5, 5.41) is 5.61. The Balaban J connectivity index is 1.94. The van der Waals surface area contributed by atoms with Gasteiger partial charge < -0.3 is 15.4 Å². The largest absolute Gasteiger partial charge is 0.487 e. The molecule has 2 aromatic rings. The molecular formula is C18H18ClFN2O2. The first-order valence-corrected chi connectivity index (χ1v) is 7.68. The number of nitrogens with one attached hydrogen (secondary N) is 2. The van der Waals surface area contributed by atoms with Gasteiger partial charge in [-0.3, -0.25) is 4.79 Å². The molecule has 6 heteroatoms. The van der Waals surface area contributed by atoms with Gasteiger partial charge in [0.05, 0.1) is 17.3 Å². The van der Waals surface area contributed by atoms with Gasteiger partial charge in [0.15, 0.2) is 0 Å². The van der Waals surface area contributed by atoms with Gasteiger partial charge in [0.1, 0.15) is 18.2 Å². The Hall–Kier alpha value is -2.53. The number of hydrogen-bond acceptors (Lipinski definition) is 3. The van der Waals surface area contributed by atoms with E-state index in [0.29, 0.717) is 23.7 Å². The number of carbonyl (C=O) groups excluding carboxylic acids is 1. The summed E-state index contributed by atoms with van der Waals surface area (Å²) in [6.45, 7) is 6.09. The number of carbonyl (C=O) groups is 1. The second-order valence-corrected chi connectivity index (χ2v) is 5.68. The monoisotopic (exact) mass is 348 g/mol. The predicted molar refractivity (Wildman–Crippen MR) is 95.3 cm³/mol. The number of halogens is 2. The molecule has 0 radical (unpaired) electrons.